The van der Waals surface area contributed by atoms with E-state index in [4.69, 9.17) is 4.74 Å². The van der Waals surface area contributed by atoms with Gasteiger partial charge in [0.2, 0.25) is 0 Å². The number of hydrogen-bond acceptors (Lipinski definition) is 3. The molecule has 1 aromatic heterocycles. The average molecular weight is 403 g/mol. The Hall–Kier alpha value is -3.08. The number of carbonyl (C=O) groups excluding carboxylic acids is 1. The van der Waals surface area contributed by atoms with Crippen LogP contribution in [0.25, 0.3) is 10.9 Å². The Morgan fingerprint density at radius 2 is 1.83 bits per heavy atom. The summed E-state index contributed by atoms with van der Waals surface area (Å²) in [4.78, 5) is 25.3. The molecular weight excluding hydrogens is 378 g/mol. The van der Waals surface area contributed by atoms with Crippen molar-refractivity contribution in [2.45, 2.75) is 45.1 Å². The Balaban J connectivity index is 1.76. The van der Waals surface area contributed by atoms with Crippen LogP contribution in [0.4, 0.5) is 0 Å². The van der Waals surface area contributed by atoms with Gasteiger partial charge in [0.25, 0.3) is 0 Å². The van der Waals surface area contributed by atoms with Crippen molar-refractivity contribution < 1.29 is 19.4 Å². The van der Waals surface area contributed by atoms with Crippen LogP contribution in [0.5, 0.6) is 5.75 Å². The molecule has 30 heavy (non-hydrogen) atoms. The van der Waals surface area contributed by atoms with Gasteiger partial charge in [-0.2, -0.15) is 0 Å². The Labute approximate surface area is 175 Å². The Bertz CT molecular complexity index is 1200. The Kier molecular flexibility index (Phi) is 3.91. The summed E-state index contributed by atoms with van der Waals surface area (Å²) in [6.07, 6.45) is 2.71. The molecule has 2 aromatic carbocycles. The maximum Gasteiger partial charge on any atom is 0.335 e. The first-order chi connectivity index (χ1) is 14.3. The largest absolute Gasteiger partial charge is 0.497 e. The third-order valence-electron chi connectivity index (χ3n) is 6.82. The molecule has 3 aromatic rings. The second kappa shape index (κ2) is 6.21. The molecule has 1 spiro atoms. The zero-order chi connectivity index (χ0) is 21.3. The van der Waals surface area contributed by atoms with Crippen LogP contribution in [-0.4, -0.2) is 28.5 Å². The first-order valence-electron chi connectivity index (χ1n) is 10.3. The highest BCUT2D eigenvalue weighted by Gasteiger charge is 2.58. The van der Waals surface area contributed by atoms with Gasteiger partial charge in [-0.05, 0) is 66.1 Å². The second-order valence-electron chi connectivity index (χ2n) is 9.37. The lowest BCUT2D eigenvalue weighted by molar-refractivity contribution is 0.0696. The lowest BCUT2D eigenvalue weighted by Crippen LogP contribution is -2.36. The number of carboxylic acid groups (broad SMARTS) is 1. The van der Waals surface area contributed by atoms with E-state index in [0.29, 0.717) is 6.54 Å². The molecule has 0 unspecified atom stereocenters. The van der Waals surface area contributed by atoms with E-state index in [2.05, 4.69) is 18.4 Å². The molecule has 5 rings (SSSR count). The third kappa shape index (κ3) is 2.68. The number of ketones is 1. The number of nitrogens with zero attached hydrogens (tertiary/aromatic N) is 1. The van der Waals surface area contributed by atoms with E-state index < -0.39 is 5.97 Å². The number of benzene rings is 2. The highest BCUT2D eigenvalue weighted by molar-refractivity contribution is 6.10. The second-order valence-corrected chi connectivity index (χ2v) is 9.37. The van der Waals surface area contributed by atoms with E-state index in [9.17, 15) is 14.7 Å². The molecule has 0 saturated heterocycles. The molecule has 2 aliphatic carbocycles. The average Bonchev–Trinajstić information content (AvgIpc) is 3.40. The first kappa shape index (κ1) is 18.9. The number of fused-ring (bicyclic) bond motifs is 3. The molecule has 0 aliphatic heterocycles. The van der Waals surface area contributed by atoms with Crippen molar-refractivity contribution in [3.63, 3.8) is 0 Å². The van der Waals surface area contributed by atoms with Crippen LogP contribution in [-0.2, 0) is 12.0 Å². The smallest absolute Gasteiger partial charge is 0.335 e. The van der Waals surface area contributed by atoms with Crippen LogP contribution in [0.2, 0.25) is 0 Å². The summed E-state index contributed by atoms with van der Waals surface area (Å²) in [5, 5.41) is 10.4. The minimum Gasteiger partial charge on any atom is -0.497 e. The number of hydrogen-bond donors (Lipinski definition) is 1. The lowest BCUT2D eigenvalue weighted by atomic mass is 9.67. The number of ether oxygens (including phenoxy) is 1. The summed E-state index contributed by atoms with van der Waals surface area (Å²) in [7, 11) is 1.64. The molecule has 1 fully saturated rings. The summed E-state index contributed by atoms with van der Waals surface area (Å²) in [5.74, 6) is 0.0592. The fourth-order valence-corrected chi connectivity index (χ4v) is 5.31. The van der Waals surface area contributed by atoms with Crippen LogP contribution in [0.3, 0.4) is 0 Å². The number of methoxy groups -OCH3 is 1. The zero-order valence-corrected chi connectivity index (χ0v) is 17.5. The van der Waals surface area contributed by atoms with E-state index in [1.165, 1.54) is 0 Å². The van der Waals surface area contributed by atoms with Crippen LogP contribution in [0.15, 0.2) is 42.5 Å². The number of Topliss-reactive ketones (excluding diaryl/α,β-unsaturated/α-hetero) is 1. The summed E-state index contributed by atoms with van der Waals surface area (Å²) in [6.45, 7) is 4.92. The predicted molar refractivity (Wildman–Crippen MR) is 115 cm³/mol. The minimum atomic E-state index is -0.952. The van der Waals surface area contributed by atoms with E-state index >= 15 is 0 Å². The number of carbonyl (C=O) groups is 2. The summed E-state index contributed by atoms with van der Waals surface area (Å²) >= 11 is 0. The van der Waals surface area contributed by atoms with Gasteiger partial charge >= 0.3 is 5.97 Å². The molecule has 2 aliphatic rings. The molecular formula is C25H25NO4. The molecule has 154 valence electrons. The maximum atomic E-state index is 13.6. The highest BCUT2D eigenvalue weighted by atomic mass is 16.5. The van der Waals surface area contributed by atoms with Crippen molar-refractivity contribution in [2.24, 2.45) is 5.41 Å². The van der Waals surface area contributed by atoms with Gasteiger partial charge in [0.1, 0.15) is 5.75 Å². The molecule has 5 nitrogen and oxygen atoms in total. The molecule has 1 saturated carbocycles. The highest BCUT2D eigenvalue weighted by Crippen LogP contribution is 2.61. The van der Waals surface area contributed by atoms with Crippen LogP contribution >= 0.6 is 0 Å². The zero-order valence-electron chi connectivity index (χ0n) is 17.5. The van der Waals surface area contributed by atoms with Crippen molar-refractivity contribution in [3.8, 4) is 5.75 Å². The van der Waals surface area contributed by atoms with E-state index in [0.717, 1.165) is 52.7 Å². The topological polar surface area (TPSA) is 68.5 Å². The van der Waals surface area contributed by atoms with Crippen molar-refractivity contribution in [1.29, 1.82) is 0 Å². The molecule has 0 amide bonds. The molecule has 0 atom stereocenters. The quantitative estimate of drug-likeness (QED) is 0.663. The van der Waals surface area contributed by atoms with Crippen molar-refractivity contribution in [1.82, 2.24) is 4.57 Å². The molecule has 1 N–H and O–H groups in total. The fourth-order valence-electron chi connectivity index (χ4n) is 5.31. The van der Waals surface area contributed by atoms with E-state index in [-0.39, 0.29) is 22.2 Å². The van der Waals surface area contributed by atoms with Gasteiger partial charge in [0, 0.05) is 22.9 Å². The first-order valence-corrected chi connectivity index (χ1v) is 10.3. The van der Waals surface area contributed by atoms with Gasteiger partial charge in [0.05, 0.1) is 18.4 Å². The van der Waals surface area contributed by atoms with Crippen molar-refractivity contribution in [3.05, 3.63) is 64.8 Å². The number of rotatable bonds is 4. The normalized spacial score (nSPS) is 18.4. The maximum absolute atomic E-state index is 13.6. The van der Waals surface area contributed by atoms with Gasteiger partial charge in [-0.15, -0.1) is 0 Å². The van der Waals surface area contributed by atoms with Gasteiger partial charge in [0.15, 0.2) is 5.78 Å². The molecule has 1 heterocycles. The van der Waals surface area contributed by atoms with Gasteiger partial charge in [-0.3, -0.25) is 4.79 Å². The number of carboxylic acids is 1. The van der Waals surface area contributed by atoms with Gasteiger partial charge < -0.3 is 14.4 Å². The number of aromatic carboxylic acids is 1. The summed E-state index contributed by atoms with van der Waals surface area (Å²) < 4.78 is 7.36. The van der Waals surface area contributed by atoms with Crippen LogP contribution in [0.1, 0.15) is 65.1 Å². The van der Waals surface area contributed by atoms with Crippen molar-refractivity contribution >= 4 is 22.7 Å². The van der Waals surface area contributed by atoms with Crippen molar-refractivity contribution in [2.75, 3.05) is 7.11 Å². The molecule has 0 radical (unpaired) electrons. The van der Waals surface area contributed by atoms with Crippen LogP contribution < -0.4 is 4.74 Å². The van der Waals surface area contributed by atoms with Gasteiger partial charge in [-0.25, -0.2) is 4.79 Å². The standard InChI is InChI=1S/C25H25NO4/c1-24(2)14-25(10-11-25)22(27)21-20(24)18-12-16(23(28)29)6-9-19(18)26(21)13-15-4-7-17(30-3)8-5-15/h4-9,12H,10-11,13-14H2,1-3H3,(H,28,29). The fraction of sp³-hybridized carbons (Fsp3) is 0.360. The predicted octanol–water partition coefficient (Wildman–Crippen LogP) is 5.04. The summed E-state index contributed by atoms with van der Waals surface area (Å²) in [6, 6.07) is 13.1. The Morgan fingerprint density at radius 1 is 1.13 bits per heavy atom. The number of aromatic nitrogens is 1. The van der Waals surface area contributed by atoms with Crippen LogP contribution in [0, 0.1) is 5.41 Å². The van der Waals surface area contributed by atoms with Gasteiger partial charge in [-0.1, -0.05) is 26.0 Å². The van der Waals surface area contributed by atoms with E-state index in [1.807, 2.05) is 30.3 Å². The van der Waals surface area contributed by atoms with E-state index in [1.54, 1.807) is 19.2 Å². The lowest BCUT2D eigenvalue weighted by Gasteiger charge is -2.36. The molecule has 5 heteroatoms. The summed E-state index contributed by atoms with van der Waals surface area (Å²) in [5.41, 5.74) is 3.56. The Morgan fingerprint density at radius 3 is 2.43 bits per heavy atom. The minimum absolute atomic E-state index is 0.194. The monoisotopic (exact) mass is 403 g/mol. The molecule has 0 bridgehead atoms. The third-order valence-corrected chi connectivity index (χ3v) is 6.82. The SMILES string of the molecule is COc1ccc(Cn2c3c(c4cc(C(=O)O)ccc42)C(C)(C)CC2(CC2)C3=O)cc1.